The summed E-state index contributed by atoms with van der Waals surface area (Å²) in [6, 6.07) is 23.4. The van der Waals surface area contributed by atoms with Gasteiger partial charge in [-0.3, -0.25) is 9.59 Å². The number of carbonyl (C=O) groups is 2. The number of aryl methyl sites for hydroxylation is 1. The van der Waals surface area contributed by atoms with Crippen LogP contribution in [0.15, 0.2) is 89.0 Å². The summed E-state index contributed by atoms with van der Waals surface area (Å²) in [6.07, 6.45) is 3.86. The minimum absolute atomic E-state index is 0.0255. The zero-order chi connectivity index (χ0) is 26.2. The van der Waals surface area contributed by atoms with Crippen molar-refractivity contribution in [3.8, 4) is 5.75 Å². The van der Waals surface area contributed by atoms with Crippen LogP contribution in [0.2, 0.25) is 0 Å². The molecule has 0 saturated carbocycles. The molecule has 3 aromatic carbocycles. The summed E-state index contributed by atoms with van der Waals surface area (Å²) >= 11 is 0. The molecule has 1 aliphatic rings. The van der Waals surface area contributed by atoms with Gasteiger partial charge in [-0.25, -0.2) is 5.43 Å². The van der Waals surface area contributed by atoms with Crippen LogP contribution in [-0.4, -0.2) is 31.6 Å². The van der Waals surface area contributed by atoms with Crippen molar-refractivity contribution in [3.63, 3.8) is 0 Å². The Hall–Kier alpha value is -4.19. The molecule has 1 aliphatic heterocycles. The number of nitrogens with one attached hydrogen (secondary N) is 1. The first-order chi connectivity index (χ1) is 18.0. The second-order valence-corrected chi connectivity index (χ2v) is 9.37. The van der Waals surface area contributed by atoms with Gasteiger partial charge in [0.2, 0.25) is 0 Å². The largest absolute Gasteiger partial charge is 0.496 e. The van der Waals surface area contributed by atoms with Gasteiger partial charge in [0.05, 0.1) is 13.3 Å². The normalized spacial score (nSPS) is 12.7. The van der Waals surface area contributed by atoms with E-state index in [0.29, 0.717) is 11.1 Å². The fourth-order valence-electron chi connectivity index (χ4n) is 4.59. The molecule has 6 heteroatoms. The van der Waals surface area contributed by atoms with Gasteiger partial charge in [-0.2, -0.15) is 5.10 Å². The first kappa shape index (κ1) is 25.9. The van der Waals surface area contributed by atoms with Gasteiger partial charge in [-0.1, -0.05) is 54.1 Å². The topological polar surface area (TPSA) is 71.0 Å². The molecule has 1 N–H and O–H groups in total. The monoisotopic (exact) mass is 495 g/mol. The number of amides is 1. The molecule has 0 unspecified atom stereocenters. The van der Waals surface area contributed by atoms with Gasteiger partial charge in [0, 0.05) is 41.9 Å². The molecule has 1 heterocycles. The molecule has 0 radical (unpaired) electrons. The maximum atomic E-state index is 12.8. The highest BCUT2D eigenvalue weighted by atomic mass is 16.5. The van der Waals surface area contributed by atoms with E-state index in [-0.39, 0.29) is 18.1 Å². The molecule has 0 aliphatic carbocycles. The molecule has 190 valence electrons. The predicted octanol–water partition coefficient (Wildman–Crippen LogP) is 5.71. The number of hydrogen-bond donors (Lipinski definition) is 1. The van der Waals surface area contributed by atoms with Crippen LogP contribution in [0, 0.1) is 0 Å². The van der Waals surface area contributed by atoms with Crippen molar-refractivity contribution in [2.75, 3.05) is 18.6 Å². The van der Waals surface area contributed by atoms with Gasteiger partial charge < -0.3 is 9.64 Å². The lowest BCUT2D eigenvalue weighted by Crippen LogP contribution is -2.29. The highest BCUT2D eigenvalue weighted by Crippen LogP contribution is 2.30. The Kier molecular flexibility index (Phi) is 8.52. The van der Waals surface area contributed by atoms with Crippen LogP contribution in [-0.2, 0) is 17.8 Å². The molecular weight excluding hydrogens is 462 g/mol. The number of ether oxygens (including phenoxy) is 1. The van der Waals surface area contributed by atoms with Crippen molar-refractivity contribution in [2.24, 2.45) is 5.10 Å². The molecule has 0 aromatic heterocycles. The lowest BCUT2D eigenvalue weighted by atomic mass is 9.99. The summed E-state index contributed by atoms with van der Waals surface area (Å²) in [5.41, 5.74) is 8.91. The zero-order valence-electron chi connectivity index (χ0n) is 21.7. The van der Waals surface area contributed by atoms with Gasteiger partial charge in [0.1, 0.15) is 5.75 Å². The van der Waals surface area contributed by atoms with E-state index >= 15 is 0 Å². The highest BCUT2D eigenvalue weighted by Gasteiger charge is 2.19. The van der Waals surface area contributed by atoms with Crippen LogP contribution in [0.4, 0.5) is 5.69 Å². The molecule has 0 fully saturated rings. The number of Topliss-reactive ketones (excluding diaryl/α,β-unsaturated/α-hetero) is 1. The van der Waals surface area contributed by atoms with Gasteiger partial charge in [-0.15, -0.1) is 0 Å². The smallest absolute Gasteiger partial charge is 0.267 e. The minimum atomic E-state index is -0.376. The highest BCUT2D eigenvalue weighted by molar-refractivity contribution is 6.05. The number of methoxy groups -OCH3 is 1. The lowest BCUT2D eigenvalue weighted by Gasteiger charge is -2.31. The number of benzene rings is 3. The number of para-hydroxylation sites is 1. The zero-order valence-corrected chi connectivity index (χ0v) is 21.7. The van der Waals surface area contributed by atoms with E-state index in [0.717, 1.165) is 48.4 Å². The Morgan fingerprint density at radius 1 is 1.03 bits per heavy atom. The van der Waals surface area contributed by atoms with E-state index < -0.39 is 0 Å². The predicted molar refractivity (Wildman–Crippen MR) is 148 cm³/mol. The summed E-state index contributed by atoms with van der Waals surface area (Å²) in [4.78, 5) is 27.8. The van der Waals surface area contributed by atoms with Crippen molar-refractivity contribution in [3.05, 3.63) is 106 Å². The SMILES string of the molecule is COc1ccc(/C=N\NC(=O)C(CC(=O)c2ccccc2)=C(C)C)cc1CN1CCCc2ccccc21. The van der Waals surface area contributed by atoms with E-state index in [2.05, 4.69) is 39.7 Å². The third kappa shape index (κ3) is 6.53. The average Bonchev–Trinajstić information content (AvgIpc) is 2.92. The number of carbonyl (C=O) groups excluding carboxylic acids is 2. The molecule has 1 amide bonds. The van der Waals surface area contributed by atoms with Gasteiger partial charge in [0.25, 0.3) is 5.91 Å². The van der Waals surface area contributed by atoms with Crippen LogP contribution < -0.4 is 15.1 Å². The summed E-state index contributed by atoms with van der Waals surface area (Å²) in [6.45, 7) is 5.36. The molecule has 6 nitrogen and oxygen atoms in total. The van der Waals surface area contributed by atoms with E-state index in [1.807, 2.05) is 50.2 Å². The quantitative estimate of drug-likeness (QED) is 0.179. The third-order valence-electron chi connectivity index (χ3n) is 6.56. The Morgan fingerprint density at radius 2 is 1.78 bits per heavy atom. The summed E-state index contributed by atoms with van der Waals surface area (Å²) in [7, 11) is 1.68. The van der Waals surface area contributed by atoms with E-state index in [1.54, 1.807) is 25.5 Å². The number of fused-ring (bicyclic) bond motifs is 1. The van der Waals surface area contributed by atoms with E-state index in [4.69, 9.17) is 4.74 Å². The fraction of sp³-hybridized carbons (Fsp3) is 0.258. The fourth-order valence-corrected chi connectivity index (χ4v) is 4.59. The molecule has 37 heavy (non-hydrogen) atoms. The van der Waals surface area contributed by atoms with Gasteiger partial charge in [-0.05, 0) is 62.1 Å². The van der Waals surface area contributed by atoms with Crippen molar-refractivity contribution >= 4 is 23.6 Å². The van der Waals surface area contributed by atoms with Crippen LogP contribution in [0.3, 0.4) is 0 Å². The van der Waals surface area contributed by atoms with Crippen molar-refractivity contribution in [2.45, 2.75) is 39.7 Å². The third-order valence-corrected chi connectivity index (χ3v) is 6.56. The van der Waals surface area contributed by atoms with Gasteiger partial charge in [0.15, 0.2) is 5.78 Å². The van der Waals surface area contributed by atoms with Crippen molar-refractivity contribution in [1.82, 2.24) is 5.43 Å². The van der Waals surface area contributed by atoms with Crippen LogP contribution in [0.5, 0.6) is 5.75 Å². The molecular formula is C31H33N3O3. The number of nitrogens with zero attached hydrogens (tertiary/aromatic N) is 2. The van der Waals surface area contributed by atoms with Crippen LogP contribution in [0.25, 0.3) is 0 Å². The summed E-state index contributed by atoms with van der Waals surface area (Å²) < 4.78 is 5.62. The molecule has 3 aromatic rings. The van der Waals surface area contributed by atoms with E-state index in [9.17, 15) is 9.59 Å². The number of hydrazone groups is 1. The number of hydrogen-bond acceptors (Lipinski definition) is 5. The minimum Gasteiger partial charge on any atom is -0.496 e. The number of anilines is 1. The molecule has 0 spiro atoms. The molecule has 4 rings (SSSR count). The Morgan fingerprint density at radius 3 is 2.54 bits per heavy atom. The molecule has 0 saturated heterocycles. The first-order valence-electron chi connectivity index (χ1n) is 12.5. The number of rotatable bonds is 9. The van der Waals surface area contributed by atoms with Crippen LogP contribution in [0.1, 0.15) is 53.7 Å². The van der Waals surface area contributed by atoms with Crippen molar-refractivity contribution < 1.29 is 14.3 Å². The second-order valence-electron chi connectivity index (χ2n) is 9.37. The Labute approximate surface area is 218 Å². The summed E-state index contributed by atoms with van der Waals surface area (Å²) in [5, 5.41) is 4.18. The van der Waals surface area contributed by atoms with Crippen LogP contribution >= 0.6 is 0 Å². The van der Waals surface area contributed by atoms with E-state index in [1.165, 1.54) is 11.3 Å². The molecule has 0 bridgehead atoms. The Bertz CT molecular complexity index is 1320. The standard InChI is InChI=1S/C31H33N3O3/c1-22(2)27(19-29(35)25-11-5-4-6-12-25)31(36)33-32-20-23-15-16-30(37-3)26(18-23)21-34-17-9-13-24-10-7-8-14-28(24)34/h4-8,10-12,14-16,18,20H,9,13,17,19,21H2,1-3H3,(H,33,36)/b32-20-. The maximum Gasteiger partial charge on any atom is 0.267 e. The first-order valence-corrected chi connectivity index (χ1v) is 12.5. The maximum absolute atomic E-state index is 12.8. The second kappa shape index (κ2) is 12.2. The van der Waals surface area contributed by atoms with Crippen molar-refractivity contribution in [1.29, 1.82) is 0 Å². The number of ketones is 1. The lowest BCUT2D eigenvalue weighted by molar-refractivity contribution is -0.117. The average molecular weight is 496 g/mol. The Balaban J connectivity index is 1.45. The molecule has 0 atom stereocenters. The number of allylic oxidation sites excluding steroid dienone is 1. The van der Waals surface area contributed by atoms with Gasteiger partial charge >= 0.3 is 0 Å². The summed E-state index contributed by atoms with van der Waals surface area (Å²) in [5.74, 6) is 0.338.